The maximum absolute atomic E-state index is 11.7. The first-order valence-electron chi connectivity index (χ1n) is 6.37. The van der Waals surface area contributed by atoms with Gasteiger partial charge in [0.2, 0.25) is 5.65 Å². The quantitative estimate of drug-likeness (QED) is 0.687. The number of nitrogens with one attached hydrogen (secondary N) is 1. The predicted octanol–water partition coefficient (Wildman–Crippen LogP) is 0.432. The maximum atomic E-state index is 11.7. The van der Waals surface area contributed by atoms with Crippen LogP contribution in [0.5, 0.6) is 11.5 Å². The highest BCUT2D eigenvalue weighted by Gasteiger charge is 2.14. The lowest BCUT2D eigenvalue weighted by molar-refractivity contribution is 0.413. The van der Waals surface area contributed by atoms with E-state index in [1.807, 2.05) is 0 Å². The fraction of sp³-hybridized carbons (Fsp3) is 0.154. The Hall–Kier alpha value is -2.88. The number of methoxy groups -OCH3 is 1. The summed E-state index contributed by atoms with van der Waals surface area (Å²) in [5.74, 6) is 0.482. The van der Waals surface area contributed by atoms with Gasteiger partial charge >= 0.3 is 15.7 Å². The van der Waals surface area contributed by atoms with Crippen LogP contribution in [-0.4, -0.2) is 41.4 Å². The number of hydrogen-bond acceptors (Lipinski definition) is 7. The number of benzene rings is 1. The first-order valence-corrected chi connectivity index (χ1v) is 8.19. The Morgan fingerprint density at radius 1 is 1.30 bits per heavy atom. The third-order valence-corrected chi connectivity index (χ3v) is 3.48. The van der Waals surface area contributed by atoms with Crippen LogP contribution in [0.1, 0.15) is 0 Å². The topological polar surface area (TPSA) is 116 Å². The predicted molar refractivity (Wildman–Crippen MR) is 81.1 cm³/mol. The van der Waals surface area contributed by atoms with E-state index in [0.29, 0.717) is 17.0 Å². The van der Waals surface area contributed by atoms with Crippen LogP contribution in [-0.2, 0) is 10.1 Å². The van der Waals surface area contributed by atoms with E-state index < -0.39 is 15.7 Å². The van der Waals surface area contributed by atoms with Gasteiger partial charge in [-0.15, -0.1) is 0 Å². The summed E-state index contributed by atoms with van der Waals surface area (Å²) >= 11 is 0. The Morgan fingerprint density at radius 2 is 2.09 bits per heavy atom. The van der Waals surface area contributed by atoms with Crippen molar-refractivity contribution in [2.45, 2.75) is 0 Å². The van der Waals surface area contributed by atoms with Crippen molar-refractivity contribution in [2.75, 3.05) is 13.4 Å². The second-order valence-electron chi connectivity index (χ2n) is 4.69. The number of fused-ring (bicyclic) bond motifs is 1. The first-order chi connectivity index (χ1) is 10.9. The molecule has 0 atom stereocenters. The van der Waals surface area contributed by atoms with Gasteiger partial charge < -0.3 is 8.92 Å². The normalized spacial score (nSPS) is 11.6. The SMILES string of the molecule is COc1cc(OS(C)(=O)=O)ccc1-c1cn2cn[nH]c(=O)c2n1. The van der Waals surface area contributed by atoms with E-state index in [4.69, 9.17) is 8.92 Å². The van der Waals surface area contributed by atoms with Crippen molar-refractivity contribution in [1.29, 1.82) is 0 Å². The van der Waals surface area contributed by atoms with Crippen LogP contribution in [0.25, 0.3) is 16.9 Å². The fourth-order valence-electron chi connectivity index (χ4n) is 2.09. The van der Waals surface area contributed by atoms with Crippen molar-refractivity contribution >= 4 is 15.8 Å². The van der Waals surface area contributed by atoms with Crippen LogP contribution in [0.2, 0.25) is 0 Å². The van der Waals surface area contributed by atoms with Gasteiger partial charge in [-0.3, -0.25) is 9.20 Å². The van der Waals surface area contributed by atoms with Crippen LogP contribution in [0.4, 0.5) is 0 Å². The molecule has 0 spiro atoms. The van der Waals surface area contributed by atoms with Gasteiger partial charge in [-0.2, -0.15) is 13.5 Å². The third kappa shape index (κ3) is 3.01. The maximum Gasteiger partial charge on any atom is 0.307 e. The smallest absolute Gasteiger partial charge is 0.307 e. The lowest BCUT2D eigenvalue weighted by Gasteiger charge is -2.09. The molecule has 9 nitrogen and oxygen atoms in total. The molecule has 10 heteroatoms. The number of hydrogen-bond donors (Lipinski definition) is 1. The average molecular weight is 336 g/mol. The number of nitrogens with zero attached hydrogens (tertiary/aromatic N) is 3. The largest absolute Gasteiger partial charge is 0.496 e. The summed E-state index contributed by atoms with van der Waals surface area (Å²) in [6.07, 6.45) is 3.99. The molecule has 0 radical (unpaired) electrons. The van der Waals surface area contributed by atoms with Crippen molar-refractivity contribution in [3.8, 4) is 22.8 Å². The van der Waals surface area contributed by atoms with Crippen molar-refractivity contribution in [3.05, 3.63) is 41.1 Å². The van der Waals surface area contributed by atoms with E-state index in [1.165, 1.54) is 30.0 Å². The molecule has 1 N–H and O–H groups in total. The number of ether oxygens (including phenoxy) is 1. The second-order valence-corrected chi connectivity index (χ2v) is 6.27. The molecule has 0 bridgehead atoms. The van der Waals surface area contributed by atoms with Crippen molar-refractivity contribution in [3.63, 3.8) is 0 Å². The standard InChI is InChI=1S/C13H12N4O5S/c1-21-11-5-8(22-23(2,19)20)3-4-9(11)10-6-17-7-14-16-13(18)12(17)15-10/h3-7H,1-2H3,(H,16,18). The van der Waals surface area contributed by atoms with Gasteiger partial charge in [0.05, 0.1) is 19.1 Å². The van der Waals surface area contributed by atoms with Crippen LogP contribution < -0.4 is 14.5 Å². The van der Waals surface area contributed by atoms with Crippen LogP contribution >= 0.6 is 0 Å². The fourth-order valence-corrected chi connectivity index (χ4v) is 2.54. The number of aromatic nitrogens is 4. The van der Waals surface area contributed by atoms with Crippen molar-refractivity contribution in [1.82, 2.24) is 19.6 Å². The van der Waals surface area contributed by atoms with E-state index in [1.54, 1.807) is 12.3 Å². The first kappa shape index (κ1) is 15.0. The molecule has 0 aliphatic heterocycles. The Kier molecular flexibility index (Phi) is 3.52. The Balaban J connectivity index is 2.11. The second kappa shape index (κ2) is 5.39. The summed E-state index contributed by atoms with van der Waals surface area (Å²) in [7, 11) is -2.20. The molecule has 2 aromatic heterocycles. The summed E-state index contributed by atoms with van der Waals surface area (Å²) in [5.41, 5.74) is 0.825. The zero-order chi connectivity index (χ0) is 16.6. The molecule has 0 saturated heterocycles. The summed E-state index contributed by atoms with van der Waals surface area (Å²) < 4.78 is 33.9. The van der Waals surface area contributed by atoms with Gasteiger partial charge in [0.15, 0.2) is 0 Å². The molecule has 0 unspecified atom stereocenters. The molecule has 0 aliphatic rings. The molecule has 2 heterocycles. The average Bonchev–Trinajstić information content (AvgIpc) is 2.90. The van der Waals surface area contributed by atoms with Crippen LogP contribution in [0, 0.1) is 0 Å². The highest BCUT2D eigenvalue weighted by atomic mass is 32.2. The zero-order valence-electron chi connectivity index (χ0n) is 12.2. The minimum atomic E-state index is -3.63. The molecule has 3 aromatic rings. The van der Waals surface area contributed by atoms with Gasteiger partial charge in [-0.05, 0) is 12.1 Å². The molecule has 23 heavy (non-hydrogen) atoms. The molecule has 0 fully saturated rings. The Bertz CT molecular complexity index is 1040. The number of rotatable bonds is 4. The molecule has 120 valence electrons. The molecule has 0 aliphatic carbocycles. The zero-order valence-corrected chi connectivity index (χ0v) is 13.0. The molecule has 3 rings (SSSR count). The van der Waals surface area contributed by atoms with E-state index in [9.17, 15) is 13.2 Å². The van der Waals surface area contributed by atoms with Crippen molar-refractivity contribution < 1.29 is 17.3 Å². The van der Waals surface area contributed by atoms with Crippen molar-refractivity contribution in [2.24, 2.45) is 0 Å². The highest BCUT2D eigenvalue weighted by molar-refractivity contribution is 7.86. The Labute approximate surface area is 130 Å². The lowest BCUT2D eigenvalue weighted by atomic mass is 10.1. The van der Waals surface area contributed by atoms with E-state index >= 15 is 0 Å². The van der Waals surface area contributed by atoms with Gasteiger partial charge in [0.25, 0.3) is 0 Å². The number of H-pyrrole nitrogens is 1. The Morgan fingerprint density at radius 3 is 2.74 bits per heavy atom. The summed E-state index contributed by atoms with van der Waals surface area (Å²) in [4.78, 5) is 15.9. The number of imidazole rings is 1. The summed E-state index contributed by atoms with van der Waals surface area (Å²) in [6, 6.07) is 4.51. The van der Waals surface area contributed by atoms with Gasteiger partial charge in [-0.25, -0.2) is 10.1 Å². The molecule has 1 aromatic carbocycles. The van der Waals surface area contributed by atoms with E-state index in [0.717, 1.165) is 6.26 Å². The molecular formula is C13H12N4O5S. The van der Waals surface area contributed by atoms with Crippen LogP contribution in [0.15, 0.2) is 35.5 Å². The lowest BCUT2D eigenvalue weighted by Crippen LogP contribution is -2.10. The third-order valence-electron chi connectivity index (χ3n) is 2.98. The minimum Gasteiger partial charge on any atom is -0.496 e. The molecular weight excluding hydrogens is 324 g/mol. The van der Waals surface area contributed by atoms with Crippen LogP contribution in [0.3, 0.4) is 0 Å². The molecule has 0 saturated carbocycles. The summed E-state index contributed by atoms with van der Waals surface area (Å²) in [6.45, 7) is 0. The van der Waals surface area contributed by atoms with E-state index in [-0.39, 0.29) is 11.4 Å². The monoisotopic (exact) mass is 336 g/mol. The van der Waals surface area contributed by atoms with Gasteiger partial charge in [0, 0.05) is 17.8 Å². The number of aromatic amines is 1. The molecule has 0 amide bonds. The van der Waals surface area contributed by atoms with E-state index in [2.05, 4.69) is 15.2 Å². The minimum absolute atomic E-state index is 0.122. The highest BCUT2D eigenvalue weighted by Crippen LogP contribution is 2.32. The summed E-state index contributed by atoms with van der Waals surface area (Å²) in [5, 5.41) is 5.98. The van der Waals surface area contributed by atoms with Gasteiger partial charge in [-0.1, -0.05) is 0 Å². The van der Waals surface area contributed by atoms with Gasteiger partial charge in [0.1, 0.15) is 17.8 Å².